The minimum absolute atomic E-state index is 0.178. The summed E-state index contributed by atoms with van der Waals surface area (Å²) < 4.78 is 17.7. The number of ether oxygens (including phenoxy) is 1. The van der Waals surface area contributed by atoms with Crippen molar-refractivity contribution in [3.63, 3.8) is 0 Å². The Morgan fingerprint density at radius 3 is 2.41 bits per heavy atom. The summed E-state index contributed by atoms with van der Waals surface area (Å²) in [6, 6.07) is 7.82. The lowest BCUT2D eigenvalue weighted by atomic mass is 9.62. The molecule has 0 radical (unpaired) electrons. The van der Waals surface area contributed by atoms with Crippen molar-refractivity contribution in [1.82, 2.24) is 0 Å². The Hall–Kier alpha value is -1.08. The average molecular weight is 396 g/mol. The van der Waals surface area contributed by atoms with E-state index in [4.69, 9.17) is 31.4 Å². The molecule has 2 N–H and O–H groups in total. The molecule has 0 spiro atoms. The summed E-state index contributed by atoms with van der Waals surface area (Å²) in [6.45, 7) is 8.27. The molecule has 1 aromatic rings. The van der Waals surface area contributed by atoms with E-state index in [9.17, 15) is 4.79 Å². The first-order valence-electron chi connectivity index (χ1n) is 9.46. The molecule has 1 fully saturated rings. The third kappa shape index (κ3) is 5.47. The van der Waals surface area contributed by atoms with Crippen LogP contribution >= 0.6 is 11.6 Å². The maximum absolute atomic E-state index is 12.1. The van der Waals surface area contributed by atoms with E-state index >= 15 is 0 Å². The van der Waals surface area contributed by atoms with Crippen LogP contribution in [0.15, 0.2) is 24.3 Å². The van der Waals surface area contributed by atoms with Crippen molar-refractivity contribution in [2.45, 2.75) is 64.0 Å². The Morgan fingerprint density at radius 1 is 1.26 bits per heavy atom. The van der Waals surface area contributed by atoms with E-state index < -0.39 is 24.2 Å². The van der Waals surface area contributed by atoms with Gasteiger partial charge in [-0.3, -0.25) is 4.79 Å². The SMILES string of the molecule is COCC(C(N)=O)[C@@H](CCCc1cccc(Cl)c1)B1OC(C)(C)C(C)(C)O1. The van der Waals surface area contributed by atoms with E-state index in [0.717, 1.165) is 29.8 Å². The molecule has 0 saturated carbocycles. The van der Waals surface area contributed by atoms with Gasteiger partial charge in [-0.05, 0) is 58.2 Å². The van der Waals surface area contributed by atoms with Crippen LogP contribution < -0.4 is 5.73 Å². The zero-order valence-electron chi connectivity index (χ0n) is 17.0. The van der Waals surface area contributed by atoms with Crippen molar-refractivity contribution >= 4 is 24.6 Å². The van der Waals surface area contributed by atoms with Crippen molar-refractivity contribution in [2.75, 3.05) is 13.7 Å². The number of carbonyl (C=O) groups excluding carboxylic acids is 1. The molecule has 1 unspecified atom stereocenters. The molecule has 150 valence electrons. The van der Waals surface area contributed by atoms with Gasteiger partial charge in [-0.15, -0.1) is 0 Å². The van der Waals surface area contributed by atoms with Crippen LogP contribution in [0.1, 0.15) is 46.1 Å². The second kappa shape index (κ2) is 8.95. The number of rotatable bonds is 9. The fraction of sp³-hybridized carbons (Fsp3) is 0.650. The van der Waals surface area contributed by atoms with Crippen LogP contribution in [-0.2, 0) is 25.3 Å². The average Bonchev–Trinajstić information content (AvgIpc) is 2.77. The number of hydrogen-bond donors (Lipinski definition) is 1. The number of hydrogen-bond acceptors (Lipinski definition) is 4. The standard InChI is InChI=1S/C20H31BClNO4/c1-19(2)20(3,4)27-21(26-19)17(16(13-25-5)18(23)24)11-7-9-14-8-6-10-15(22)12-14/h6,8,10,12,16-17H,7,9,11,13H2,1-5H3,(H2,23,24)/t16?,17-/m1/s1. The fourth-order valence-electron chi connectivity index (χ4n) is 3.42. The van der Waals surface area contributed by atoms with Crippen LogP contribution in [0.3, 0.4) is 0 Å². The highest BCUT2D eigenvalue weighted by atomic mass is 35.5. The quantitative estimate of drug-likeness (QED) is 0.644. The number of benzene rings is 1. The molecule has 0 bridgehead atoms. The number of primary amides is 1. The molecular weight excluding hydrogens is 364 g/mol. The van der Waals surface area contributed by atoms with Gasteiger partial charge in [0.15, 0.2) is 0 Å². The highest BCUT2D eigenvalue weighted by Gasteiger charge is 2.55. The second-order valence-corrected chi connectivity index (χ2v) is 8.71. The smallest absolute Gasteiger partial charge is 0.403 e. The first kappa shape index (κ1) is 22.2. The molecule has 27 heavy (non-hydrogen) atoms. The van der Waals surface area contributed by atoms with Gasteiger partial charge in [0.25, 0.3) is 0 Å². The van der Waals surface area contributed by atoms with Gasteiger partial charge in [0.2, 0.25) is 5.91 Å². The van der Waals surface area contributed by atoms with Crippen molar-refractivity contribution < 1.29 is 18.8 Å². The predicted octanol–water partition coefficient (Wildman–Crippen LogP) is 3.87. The van der Waals surface area contributed by atoms with Gasteiger partial charge >= 0.3 is 7.12 Å². The molecule has 0 aliphatic carbocycles. The first-order chi connectivity index (χ1) is 12.6. The molecule has 7 heteroatoms. The molecule has 1 aliphatic heterocycles. The Balaban J connectivity index is 2.13. The van der Waals surface area contributed by atoms with Crippen LogP contribution in [0.2, 0.25) is 10.8 Å². The molecule has 1 aliphatic rings. The molecule has 2 atom stereocenters. The summed E-state index contributed by atoms with van der Waals surface area (Å²) in [5, 5.41) is 0.726. The van der Waals surface area contributed by atoms with Crippen molar-refractivity contribution in [3.8, 4) is 0 Å². The molecule has 2 rings (SSSR count). The lowest BCUT2D eigenvalue weighted by Crippen LogP contribution is -2.41. The minimum Gasteiger partial charge on any atom is -0.403 e. The molecule has 1 aromatic carbocycles. The summed E-state index contributed by atoms with van der Waals surface area (Å²) in [5.41, 5.74) is 5.93. The summed E-state index contributed by atoms with van der Waals surface area (Å²) in [4.78, 5) is 12.1. The zero-order chi connectivity index (χ0) is 20.2. The van der Waals surface area contributed by atoms with E-state index in [2.05, 4.69) is 6.07 Å². The second-order valence-electron chi connectivity index (χ2n) is 8.27. The van der Waals surface area contributed by atoms with Crippen LogP contribution in [-0.4, -0.2) is 37.9 Å². The molecule has 1 heterocycles. The monoisotopic (exact) mass is 395 g/mol. The van der Waals surface area contributed by atoms with Crippen LogP contribution in [0.5, 0.6) is 0 Å². The summed E-state index contributed by atoms with van der Waals surface area (Å²) in [7, 11) is 1.07. The first-order valence-corrected chi connectivity index (χ1v) is 9.83. The van der Waals surface area contributed by atoms with E-state index in [1.165, 1.54) is 0 Å². The number of aryl methyl sites for hydroxylation is 1. The van der Waals surface area contributed by atoms with Gasteiger partial charge < -0.3 is 19.8 Å². The number of nitrogens with two attached hydrogens (primary N) is 1. The van der Waals surface area contributed by atoms with E-state index in [-0.39, 0.29) is 18.3 Å². The van der Waals surface area contributed by atoms with Crippen LogP contribution in [0.4, 0.5) is 0 Å². The van der Waals surface area contributed by atoms with Gasteiger partial charge in [-0.2, -0.15) is 0 Å². The third-order valence-corrected chi connectivity index (χ3v) is 5.98. The van der Waals surface area contributed by atoms with E-state index in [0.29, 0.717) is 0 Å². The minimum atomic E-state index is -0.498. The zero-order valence-corrected chi connectivity index (χ0v) is 17.7. The van der Waals surface area contributed by atoms with Crippen LogP contribution in [0, 0.1) is 5.92 Å². The Kier molecular flexibility index (Phi) is 7.36. The lowest BCUT2D eigenvalue weighted by Gasteiger charge is -2.32. The van der Waals surface area contributed by atoms with Crippen molar-refractivity contribution in [2.24, 2.45) is 11.7 Å². The summed E-state index contributed by atoms with van der Waals surface area (Å²) >= 11 is 6.07. The number of amides is 1. The molecular formula is C20H31BClNO4. The summed E-state index contributed by atoms with van der Waals surface area (Å²) in [5.74, 6) is -1.04. The van der Waals surface area contributed by atoms with Gasteiger partial charge in [-0.25, -0.2) is 0 Å². The third-order valence-electron chi connectivity index (χ3n) is 5.74. The number of halogens is 1. The Morgan fingerprint density at radius 2 is 1.89 bits per heavy atom. The Bertz CT molecular complexity index is 637. The molecule has 5 nitrogen and oxygen atoms in total. The number of carbonyl (C=O) groups is 1. The highest BCUT2D eigenvalue weighted by Crippen LogP contribution is 2.43. The molecule has 1 amide bonds. The summed E-state index contributed by atoms with van der Waals surface area (Å²) in [6.07, 6.45) is 2.46. The fourth-order valence-corrected chi connectivity index (χ4v) is 3.63. The maximum atomic E-state index is 12.1. The maximum Gasteiger partial charge on any atom is 0.462 e. The number of methoxy groups -OCH3 is 1. The lowest BCUT2D eigenvalue weighted by molar-refractivity contribution is -0.123. The molecule has 1 saturated heterocycles. The normalized spacial score (nSPS) is 20.4. The van der Waals surface area contributed by atoms with E-state index in [1.807, 2.05) is 45.9 Å². The molecule has 0 aromatic heterocycles. The van der Waals surface area contributed by atoms with Gasteiger partial charge in [-0.1, -0.05) is 30.2 Å². The topological polar surface area (TPSA) is 70.8 Å². The Labute approximate surface area is 168 Å². The van der Waals surface area contributed by atoms with Gasteiger partial charge in [0, 0.05) is 17.9 Å². The van der Waals surface area contributed by atoms with Gasteiger partial charge in [0.1, 0.15) is 0 Å². The van der Waals surface area contributed by atoms with Crippen molar-refractivity contribution in [3.05, 3.63) is 34.9 Å². The van der Waals surface area contributed by atoms with Crippen LogP contribution in [0.25, 0.3) is 0 Å². The highest BCUT2D eigenvalue weighted by molar-refractivity contribution is 6.48. The largest absolute Gasteiger partial charge is 0.462 e. The van der Waals surface area contributed by atoms with Gasteiger partial charge in [0.05, 0.1) is 23.7 Å². The predicted molar refractivity (Wildman–Crippen MR) is 109 cm³/mol. The van der Waals surface area contributed by atoms with E-state index in [1.54, 1.807) is 7.11 Å². The van der Waals surface area contributed by atoms with Crippen molar-refractivity contribution in [1.29, 1.82) is 0 Å².